The summed E-state index contributed by atoms with van der Waals surface area (Å²) in [4.78, 5) is 23.8. The smallest absolute Gasteiger partial charge is 0.274 e. The normalized spacial score (nSPS) is 17.4. The Kier molecular flexibility index (Phi) is 4.82. The Bertz CT molecular complexity index is 751. The molecule has 0 atom stereocenters. The van der Waals surface area contributed by atoms with E-state index in [-0.39, 0.29) is 11.4 Å². The minimum Gasteiger partial charge on any atom is -0.346 e. The molecule has 0 unspecified atom stereocenters. The molecule has 0 bridgehead atoms. The highest BCUT2D eigenvalue weighted by Gasteiger charge is 2.26. The number of amides is 1. The fourth-order valence-corrected chi connectivity index (χ4v) is 3.52. The molecule has 1 amide bonds. The quantitative estimate of drug-likeness (QED) is 0.931. The first-order chi connectivity index (χ1) is 11.8. The predicted octanol–water partition coefficient (Wildman–Crippen LogP) is 2.85. The molecule has 1 aliphatic heterocycles. The number of hydrogen-bond acceptors (Lipinski definition) is 4. The molecule has 3 heterocycles. The third-order valence-corrected chi connectivity index (χ3v) is 4.84. The molecule has 0 radical (unpaired) electrons. The lowest BCUT2D eigenvalue weighted by molar-refractivity contribution is 0.0916. The second-order valence-corrected chi connectivity index (χ2v) is 8.26. The van der Waals surface area contributed by atoms with Crippen LogP contribution in [0.2, 0.25) is 0 Å². The molecule has 6 heteroatoms. The van der Waals surface area contributed by atoms with E-state index in [9.17, 15) is 4.79 Å². The van der Waals surface area contributed by atoms with Gasteiger partial charge in [0, 0.05) is 29.4 Å². The van der Waals surface area contributed by atoms with E-state index in [1.54, 1.807) is 12.5 Å². The molecule has 2 aromatic heterocycles. The maximum absolute atomic E-state index is 12.5. The number of nitrogens with one attached hydrogen (secondary N) is 1. The van der Waals surface area contributed by atoms with E-state index in [4.69, 9.17) is 0 Å². The molecule has 1 saturated heterocycles. The van der Waals surface area contributed by atoms with E-state index < -0.39 is 0 Å². The zero-order chi connectivity index (χ0) is 18.2. The predicted molar refractivity (Wildman–Crippen MR) is 98.9 cm³/mol. The Hall–Kier alpha value is -1.95. The zero-order valence-corrected chi connectivity index (χ0v) is 15.9. The van der Waals surface area contributed by atoms with Gasteiger partial charge in [-0.05, 0) is 66.6 Å². The van der Waals surface area contributed by atoms with E-state index in [1.165, 1.54) is 5.69 Å². The van der Waals surface area contributed by atoms with E-state index in [0.717, 1.165) is 25.9 Å². The first kappa shape index (κ1) is 17.9. The molecule has 0 aromatic carbocycles. The minimum atomic E-state index is -0.297. The third-order valence-electron chi connectivity index (χ3n) is 4.84. The molecule has 1 fully saturated rings. The Balaban J connectivity index is 1.86. The van der Waals surface area contributed by atoms with Gasteiger partial charge < -0.3 is 10.2 Å². The van der Waals surface area contributed by atoms with Gasteiger partial charge >= 0.3 is 0 Å². The van der Waals surface area contributed by atoms with Gasteiger partial charge in [0.05, 0.1) is 0 Å². The Labute approximate surface area is 149 Å². The van der Waals surface area contributed by atoms with Crippen molar-refractivity contribution in [3.63, 3.8) is 0 Å². The highest BCUT2D eigenvalue weighted by Crippen LogP contribution is 2.29. The number of fused-ring (bicyclic) bond motifs is 1. The topological polar surface area (TPSA) is 62.5 Å². The van der Waals surface area contributed by atoms with E-state index >= 15 is 0 Å². The lowest BCUT2D eigenvalue weighted by atomic mass is 9.92. The second-order valence-electron chi connectivity index (χ2n) is 8.26. The fraction of sp³-hybridized carbons (Fsp3) is 0.632. The molecule has 2 aromatic rings. The number of carbonyl (C=O) groups is 1. The maximum atomic E-state index is 12.5. The molecule has 136 valence electrons. The molecular formula is C19H29N5O. The SMILES string of the molecule is CC(C)N1CCC(c2ccnc3c(C(=O)NC(C)(C)C)ncn23)CC1. The van der Waals surface area contributed by atoms with Crippen LogP contribution in [0, 0.1) is 0 Å². The monoisotopic (exact) mass is 343 g/mol. The molecule has 25 heavy (non-hydrogen) atoms. The van der Waals surface area contributed by atoms with Crippen molar-refractivity contribution in [1.29, 1.82) is 0 Å². The number of nitrogens with zero attached hydrogens (tertiary/aromatic N) is 4. The van der Waals surface area contributed by atoms with Gasteiger partial charge in [-0.3, -0.25) is 9.20 Å². The number of rotatable bonds is 3. The van der Waals surface area contributed by atoms with Gasteiger partial charge in [0.2, 0.25) is 0 Å². The maximum Gasteiger partial charge on any atom is 0.274 e. The van der Waals surface area contributed by atoms with Gasteiger partial charge in [-0.25, -0.2) is 9.97 Å². The third kappa shape index (κ3) is 3.84. The molecule has 3 rings (SSSR count). The zero-order valence-electron chi connectivity index (χ0n) is 15.9. The second kappa shape index (κ2) is 6.75. The van der Waals surface area contributed by atoms with E-state index in [0.29, 0.717) is 23.3 Å². The first-order valence-electron chi connectivity index (χ1n) is 9.15. The van der Waals surface area contributed by atoms with Crippen molar-refractivity contribution in [2.45, 2.75) is 65.0 Å². The first-order valence-corrected chi connectivity index (χ1v) is 9.15. The van der Waals surface area contributed by atoms with Crippen molar-refractivity contribution < 1.29 is 4.79 Å². The lowest BCUT2D eigenvalue weighted by Gasteiger charge is -2.34. The fourth-order valence-electron chi connectivity index (χ4n) is 3.52. The average molecular weight is 343 g/mol. The van der Waals surface area contributed by atoms with Crippen LogP contribution in [-0.2, 0) is 0 Å². The molecule has 1 aliphatic rings. The highest BCUT2D eigenvalue weighted by atomic mass is 16.2. The van der Waals surface area contributed by atoms with Gasteiger partial charge in [-0.1, -0.05) is 0 Å². The highest BCUT2D eigenvalue weighted by molar-refractivity contribution is 5.98. The molecule has 0 aliphatic carbocycles. The number of hydrogen-bond donors (Lipinski definition) is 1. The Morgan fingerprint density at radius 2 is 1.92 bits per heavy atom. The number of piperidine rings is 1. The number of likely N-dealkylation sites (tertiary alicyclic amines) is 1. The molecule has 0 saturated carbocycles. The van der Waals surface area contributed by atoms with Crippen molar-refractivity contribution >= 4 is 11.6 Å². The minimum absolute atomic E-state index is 0.172. The standard InChI is InChI=1S/C19H29N5O/c1-13(2)23-10-7-14(8-11-23)15-6-9-20-17-16(21-12-24(15)17)18(25)22-19(3,4)5/h6,9,12-14H,7-8,10-11H2,1-5H3,(H,22,25). The van der Waals surface area contributed by atoms with Crippen LogP contribution in [-0.4, -0.2) is 49.8 Å². The number of imidazole rings is 1. The summed E-state index contributed by atoms with van der Waals surface area (Å²) in [6, 6.07) is 2.66. The van der Waals surface area contributed by atoms with Crippen molar-refractivity contribution in [2.24, 2.45) is 0 Å². The number of carbonyl (C=O) groups excluding carboxylic acids is 1. The summed E-state index contributed by atoms with van der Waals surface area (Å²) in [5.41, 5.74) is 1.95. The summed E-state index contributed by atoms with van der Waals surface area (Å²) in [6.07, 6.45) is 5.79. The average Bonchev–Trinajstić information content (AvgIpc) is 2.97. The Morgan fingerprint density at radius 1 is 1.24 bits per heavy atom. The van der Waals surface area contributed by atoms with Crippen LogP contribution in [0.4, 0.5) is 0 Å². The van der Waals surface area contributed by atoms with Crippen molar-refractivity contribution in [3.8, 4) is 0 Å². The van der Waals surface area contributed by atoms with Crippen molar-refractivity contribution in [1.82, 2.24) is 24.6 Å². The number of aromatic nitrogens is 3. The van der Waals surface area contributed by atoms with E-state index in [2.05, 4.69) is 40.1 Å². The van der Waals surface area contributed by atoms with Gasteiger partial charge in [0.1, 0.15) is 6.33 Å². The van der Waals surface area contributed by atoms with Crippen LogP contribution < -0.4 is 5.32 Å². The van der Waals surface area contributed by atoms with Crippen molar-refractivity contribution in [3.05, 3.63) is 30.0 Å². The summed E-state index contributed by atoms with van der Waals surface area (Å²) >= 11 is 0. The molecular weight excluding hydrogens is 314 g/mol. The summed E-state index contributed by atoms with van der Waals surface area (Å²) < 4.78 is 1.99. The van der Waals surface area contributed by atoms with E-state index in [1.807, 2.05) is 25.2 Å². The summed E-state index contributed by atoms with van der Waals surface area (Å²) in [5.74, 6) is 0.308. The van der Waals surface area contributed by atoms with Crippen molar-refractivity contribution in [2.75, 3.05) is 13.1 Å². The molecule has 6 nitrogen and oxygen atoms in total. The van der Waals surface area contributed by atoms with Crippen LogP contribution in [0.1, 0.15) is 69.6 Å². The Morgan fingerprint density at radius 3 is 2.52 bits per heavy atom. The lowest BCUT2D eigenvalue weighted by Crippen LogP contribution is -2.40. The summed E-state index contributed by atoms with van der Waals surface area (Å²) in [7, 11) is 0. The van der Waals surface area contributed by atoms with Crippen LogP contribution in [0.3, 0.4) is 0 Å². The summed E-state index contributed by atoms with van der Waals surface area (Å²) in [6.45, 7) is 12.6. The van der Waals surface area contributed by atoms with Gasteiger partial charge in [0.15, 0.2) is 11.3 Å². The van der Waals surface area contributed by atoms with Gasteiger partial charge in [-0.15, -0.1) is 0 Å². The van der Waals surface area contributed by atoms with Gasteiger partial charge in [-0.2, -0.15) is 0 Å². The molecule has 0 spiro atoms. The van der Waals surface area contributed by atoms with Gasteiger partial charge in [0.25, 0.3) is 5.91 Å². The van der Waals surface area contributed by atoms with Crippen LogP contribution in [0.5, 0.6) is 0 Å². The molecule has 1 N–H and O–H groups in total. The summed E-state index contributed by atoms with van der Waals surface area (Å²) in [5, 5.41) is 2.97. The largest absolute Gasteiger partial charge is 0.346 e. The van der Waals surface area contributed by atoms with Crippen LogP contribution in [0.25, 0.3) is 5.65 Å². The van der Waals surface area contributed by atoms with Crippen LogP contribution in [0.15, 0.2) is 18.6 Å². The van der Waals surface area contributed by atoms with Crippen LogP contribution >= 0.6 is 0 Å².